The largest absolute Gasteiger partial charge is 0.417 e. The average Bonchev–Trinajstić information content (AvgIpc) is 3.02. The van der Waals surface area contributed by atoms with Crippen molar-refractivity contribution in [2.75, 3.05) is 11.9 Å². The van der Waals surface area contributed by atoms with Gasteiger partial charge in [0.25, 0.3) is 0 Å². The molecule has 0 saturated carbocycles. The molecule has 0 fully saturated rings. The third-order valence-electron chi connectivity index (χ3n) is 3.22. The predicted molar refractivity (Wildman–Crippen MR) is 85.9 cm³/mol. The van der Waals surface area contributed by atoms with Gasteiger partial charge in [0.15, 0.2) is 10.7 Å². The monoisotopic (exact) mass is 303 g/mol. The van der Waals surface area contributed by atoms with Gasteiger partial charge in [0, 0.05) is 17.5 Å². The molecule has 0 aliphatic rings. The predicted octanol–water partition coefficient (Wildman–Crippen LogP) is 3.70. The molecule has 0 aliphatic carbocycles. The molecule has 21 heavy (non-hydrogen) atoms. The number of benzene rings is 1. The number of nitrogens with zero attached hydrogens (tertiary/aromatic N) is 1. The van der Waals surface area contributed by atoms with Gasteiger partial charge in [0.1, 0.15) is 0 Å². The van der Waals surface area contributed by atoms with Gasteiger partial charge in [-0.25, -0.2) is 9.78 Å². The van der Waals surface area contributed by atoms with Crippen molar-refractivity contribution in [1.82, 2.24) is 9.97 Å². The van der Waals surface area contributed by atoms with E-state index in [0.717, 1.165) is 29.4 Å². The first-order valence-electron chi connectivity index (χ1n) is 6.94. The van der Waals surface area contributed by atoms with E-state index in [0.29, 0.717) is 17.0 Å². The van der Waals surface area contributed by atoms with Gasteiger partial charge in [-0.05, 0) is 24.5 Å². The highest BCUT2D eigenvalue weighted by Gasteiger charge is 2.08. The zero-order chi connectivity index (χ0) is 14.8. The molecule has 2 heterocycles. The second-order valence-electron chi connectivity index (χ2n) is 5.37. The van der Waals surface area contributed by atoms with Crippen molar-refractivity contribution in [2.45, 2.75) is 20.3 Å². The number of hydrogen-bond acceptors (Lipinski definition) is 5. The van der Waals surface area contributed by atoms with Crippen LogP contribution in [0.3, 0.4) is 0 Å². The second-order valence-corrected chi connectivity index (χ2v) is 6.23. The maximum Gasteiger partial charge on any atom is 0.417 e. The van der Waals surface area contributed by atoms with Gasteiger partial charge >= 0.3 is 5.76 Å². The first kappa shape index (κ1) is 13.9. The number of nitrogens with one attached hydrogen (secondary N) is 2. The summed E-state index contributed by atoms with van der Waals surface area (Å²) in [6, 6.07) is 5.60. The number of aromatic nitrogens is 2. The molecule has 1 aromatic carbocycles. The first-order valence-corrected chi connectivity index (χ1v) is 7.82. The van der Waals surface area contributed by atoms with Crippen LogP contribution in [-0.4, -0.2) is 16.5 Å². The highest BCUT2D eigenvalue weighted by atomic mass is 32.1. The van der Waals surface area contributed by atoms with Gasteiger partial charge in [0.05, 0.1) is 11.2 Å². The summed E-state index contributed by atoms with van der Waals surface area (Å²) < 4.78 is 5.08. The van der Waals surface area contributed by atoms with Crippen molar-refractivity contribution < 1.29 is 4.42 Å². The Morgan fingerprint density at radius 2 is 2.29 bits per heavy atom. The fourth-order valence-electron chi connectivity index (χ4n) is 2.06. The second kappa shape index (κ2) is 5.73. The lowest BCUT2D eigenvalue weighted by Gasteiger charge is -2.04. The van der Waals surface area contributed by atoms with E-state index < -0.39 is 5.76 Å². The summed E-state index contributed by atoms with van der Waals surface area (Å²) in [5, 5.41) is 6.26. The summed E-state index contributed by atoms with van der Waals surface area (Å²) in [7, 11) is 0. The number of thiazole rings is 1. The minimum atomic E-state index is -0.434. The first-order chi connectivity index (χ1) is 10.1. The minimum absolute atomic E-state index is 0.434. The normalized spacial score (nSPS) is 11.4. The third-order valence-corrected chi connectivity index (χ3v) is 4.02. The summed E-state index contributed by atoms with van der Waals surface area (Å²) >= 11 is 1.58. The zero-order valence-corrected chi connectivity index (χ0v) is 12.8. The molecule has 0 radical (unpaired) electrons. The summed E-state index contributed by atoms with van der Waals surface area (Å²) in [6.45, 7) is 5.33. The molecule has 0 bridgehead atoms. The number of oxazole rings is 1. The Labute approximate surface area is 126 Å². The van der Waals surface area contributed by atoms with Crippen molar-refractivity contribution in [1.29, 1.82) is 0 Å². The van der Waals surface area contributed by atoms with E-state index in [4.69, 9.17) is 4.42 Å². The van der Waals surface area contributed by atoms with Crippen LogP contribution in [0.5, 0.6) is 0 Å². The van der Waals surface area contributed by atoms with Crippen LogP contribution in [-0.2, 0) is 0 Å². The summed E-state index contributed by atoms with van der Waals surface area (Å²) in [4.78, 5) is 18.4. The summed E-state index contributed by atoms with van der Waals surface area (Å²) in [5.41, 5.74) is 3.09. The van der Waals surface area contributed by atoms with Crippen molar-refractivity contribution in [3.8, 4) is 11.3 Å². The summed E-state index contributed by atoms with van der Waals surface area (Å²) in [6.07, 6.45) is 1.12. The lowest BCUT2D eigenvalue weighted by atomic mass is 10.1. The van der Waals surface area contributed by atoms with Gasteiger partial charge in [0.2, 0.25) is 0 Å². The Hall–Kier alpha value is -2.08. The minimum Gasteiger partial charge on any atom is -0.408 e. The highest BCUT2D eigenvalue weighted by molar-refractivity contribution is 7.14. The topological polar surface area (TPSA) is 70.9 Å². The fourth-order valence-corrected chi connectivity index (χ4v) is 2.81. The molecule has 5 nitrogen and oxygen atoms in total. The van der Waals surface area contributed by atoms with E-state index in [2.05, 4.69) is 29.1 Å². The van der Waals surface area contributed by atoms with Gasteiger partial charge < -0.3 is 9.73 Å². The van der Waals surface area contributed by atoms with Gasteiger partial charge in [-0.3, -0.25) is 4.98 Å². The molecule has 0 unspecified atom stereocenters. The molecule has 3 aromatic rings. The number of aromatic amines is 1. The van der Waals surface area contributed by atoms with E-state index in [1.165, 1.54) is 0 Å². The van der Waals surface area contributed by atoms with E-state index in [1.54, 1.807) is 11.3 Å². The van der Waals surface area contributed by atoms with Crippen LogP contribution in [0.15, 0.2) is 32.8 Å². The molecule has 0 amide bonds. The van der Waals surface area contributed by atoms with Crippen LogP contribution < -0.4 is 11.1 Å². The van der Waals surface area contributed by atoms with Crippen LogP contribution in [0.25, 0.3) is 22.4 Å². The van der Waals surface area contributed by atoms with Gasteiger partial charge in [-0.2, -0.15) is 0 Å². The van der Waals surface area contributed by atoms with Crippen LogP contribution in [0.2, 0.25) is 0 Å². The molecule has 0 aliphatic heterocycles. The number of rotatable bonds is 5. The van der Waals surface area contributed by atoms with E-state index in [9.17, 15) is 4.79 Å². The number of anilines is 1. The van der Waals surface area contributed by atoms with E-state index >= 15 is 0 Å². The van der Waals surface area contributed by atoms with Gasteiger partial charge in [-0.1, -0.05) is 19.9 Å². The Morgan fingerprint density at radius 3 is 3.10 bits per heavy atom. The molecule has 6 heteroatoms. The molecular weight excluding hydrogens is 286 g/mol. The third kappa shape index (κ3) is 3.16. The number of fused-ring (bicyclic) bond motifs is 1. The Morgan fingerprint density at radius 1 is 1.43 bits per heavy atom. The fraction of sp³-hybridized carbons (Fsp3) is 0.333. The Kier molecular flexibility index (Phi) is 3.79. The maximum absolute atomic E-state index is 11.2. The smallest absolute Gasteiger partial charge is 0.408 e. The number of H-pyrrole nitrogens is 1. The molecule has 0 atom stereocenters. The van der Waals surface area contributed by atoms with Crippen molar-refractivity contribution >= 4 is 27.6 Å². The molecule has 0 saturated heterocycles. The standard InChI is InChI=1S/C15H17N3O2S/c1-9(2)5-6-16-14-17-12(8-21-14)10-3-4-11-13(7-10)20-15(19)18-11/h3-4,7-9H,5-6H2,1-2H3,(H,16,17)(H,18,19). The average molecular weight is 303 g/mol. The molecule has 0 spiro atoms. The van der Waals surface area contributed by atoms with Crippen LogP contribution >= 0.6 is 11.3 Å². The SMILES string of the molecule is CC(C)CCNc1nc(-c2ccc3[nH]c(=O)oc3c2)cs1. The maximum atomic E-state index is 11.2. The Balaban J connectivity index is 1.79. The van der Waals surface area contributed by atoms with Gasteiger partial charge in [-0.15, -0.1) is 11.3 Å². The summed E-state index contributed by atoms with van der Waals surface area (Å²) in [5.74, 6) is 0.243. The molecular formula is C15H17N3O2S. The molecule has 2 N–H and O–H groups in total. The van der Waals surface area contributed by atoms with Crippen LogP contribution in [0.1, 0.15) is 20.3 Å². The lowest BCUT2D eigenvalue weighted by Crippen LogP contribution is -2.04. The van der Waals surface area contributed by atoms with Crippen LogP contribution in [0, 0.1) is 5.92 Å². The highest BCUT2D eigenvalue weighted by Crippen LogP contribution is 2.27. The van der Waals surface area contributed by atoms with Crippen molar-refractivity contribution in [3.05, 3.63) is 34.1 Å². The van der Waals surface area contributed by atoms with Crippen molar-refractivity contribution in [3.63, 3.8) is 0 Å². The van der Waals surface area contributed by atoms with Crippen molar-refractivity contribution in [2.24, 2.45) is 5.92 Å². The van der Waals surface area contributed by atoms with Crippen LogP contribution in [0.4, 0.5) is 5.13 Å². The molecule has 110 valence electrons. The lowest BCUT2D eigenvalue weighted by molar-refractivity contribution is 0.555. The molecule has 2 aromatic heterocycles. The van der Waals surface area contributed by atoms with E-state index in [1.807, 2.05) is 23.6 Å². The quantitative estimate of drug-likeness (QED) is 0.754. The zero-order valence-electron chi connectivity index (χ0n) is 12.0. The van der Waals surface area contributed by atoms with E-state index in [-0.39, 0.29) is 0 Å². The molecule has 3 rings (SSSR count). The Bertz CT molecular complexity index is 800. The number of hydrogen-bond donors (Lipinski definition) is 2.